The summed E-state index contributed by atoms with van der Waals surface area (Å²) in [6.07, 6.45) is 5.36. The van der Waals surface area contributed by atoms with Gasteiger partial charge in [0.25, 0.3) is 8.32 Å². The van der Waals surface area contributed by atoms with Crippen LogP contribution in [-0.4, -0.2) is 33.4 Å². The third kappa shape index (κ3) is 5.48. The first-order valence-electron chi connectivity index (χ1n) is 11.8. The van der Waals surface area contributed by atoms with Crippen molar-refractivity contribution >= 4 is 25.0 Å². The molecule has 1 aliphatic rings. The number of rotatable bonds is 6. The number of benzene rings is 2. The first-order valence-corrected chi connectivity index (χ1v) is 13.7. The van der Waals surface area contributed by atoms with Gasteiger partial charge in [0.1, 0.15) is 12.4 Å². The maximum absolute atomic E-state index is 11.8. The van der Waals surface area contributed by atoms with Crippen LogP contribution in [0.25, 0.3) is 0 Å². The number of hydrogen-bond donors (Lipinski definition) is 0. The molecule has 0 saturated heterocycles. The minimum Gasteiger partial charge on any atom is -0.405 e. The minimum atomic E-state index is -2.63. The van der Waals surface area contributed by atoms with Gasteiger partial charge in [-0.3, -0.25) is 0 Å². The molecule has 32 heavy (non-hydrogen) atoms. The summed E-state index contributed by atoms with van der Waals surface area (Å²) in [5.41, 5.74) is 1.22. The van der Waals surface area contributed by atoms with Gasteiger partial charge in [-0.1, -0.05) is 100 Å². The van der Waals surface area contributed by atoms with Gasteiger partial charge in [-0.15, -0.1) is 0 Å². The average Bonchev–Trinajstić information content (AvgIpc) is 2.84. The highest BCUT2D eigenvalue weighted by atomic mass is 28.4. The monoisotopic (exact) mass is 450 g/mol. The van der Waals surface area contributed by atoms with Crippen LogP contribution in [0.1, 0.15) is 53.9 Å². The maximum Gasteiger partial charge on any atom is 0.261 e. The van der Waals surface area contributed by atoms with E-state index in [4.69, 9.17) is 9.16 Å². The first kappa shape index (κ1) is 24.6. The molecule has 172 valence electrons. The van der Waals surface area contributed by atoms with E-state index in [0.29, 0.717) is 18.9 Å². The van der Waals surface area contributed by atoms with Crippen LogP contribution in [0.4, 0.5) is 0 Å². The van der Waals surface area contributed by atoms with Crippen molar-refractivity contribution in [1.29, 1.82) is 0 Å². The molecule has 0 aromatic heterocycles. The van der Waals surface area contributed by atoms with E-state index in [1.807, 2.05) is 0 Å². The largest absolute Gasteiger partial charge is 0.405 e. The van der Waals surface area contributed by atoms with Crippen LogP contribution < -0.4 is 10.4 Å². The molecule has 3 nitrogen and oxygen atoms in total. The minimum absolute atomic E-state index is 0.0837. The molecule has 0 amide bonds. The second-order valence-electron chi connectivity index (χ2n) is 10.1. The Morgan fingerprint density at radius 1 is 1.03 bits per heavy atom. The predicted molar refractivity (Wildman–Crippen MR) is 135 cm³/mol. The van der Waals surface area contributed by atoms with Gasteiger partial charge in [-0.05, 0) is 41.1 Å². The number of allylic oxidation sites excluding steroid dienone is 1. The summed E-state index contributed by atoms with van der Waals surface area (Å²) in [5, 5.41) is 2.44. The van der Waals surface area contributed by atoms with Gasteiger partial charge in [0.05, 0.1) is 12.7 Å². The van der Waals surface area contributed by atoms with E-state index >= 15 is 0 Å². The summed E-state index contributed by atoms with van der Waals surface area (Å²) in [5.74, 6) is 0.304. The van der Waals surface area contributed by atoms with Gasteiger partial charge in [0.15, 0.2) is 0 Å². The molecule has 0 fully saturated rings. The van der Waals surface area contributed by atoms with Crippen molar-refractivity contribution in [1.82, 2.24) is 0 Å². The molecule has 3 rings (SSSR count). The van der Waals surface area contributed by atoms with Crippen LogP contribution in [-0.2, 0) is 14.0 Å². The molecule has 2 aromatic carbocycles. The van der Waals surface area contributed by atoms with Crippen LogP contribution in [0.3, 0.4) is 0 Å². The van der Waals surface area contributed by atoms with Crippen molar-refractivity contribution in [2.24, 2.45) is 5.92 Å². The van der Waals surface area contributed by atoms with E-state index in [-0.39, 0.29) is 11.1 Å². The van der Waals surface area contributed by atoms with E-state index in [1.54, 1.807) is 0 Å². The Labute approximate surface area is 195 Å². The zero-order valence-electron chi connectivity index (χ0n) is 20.2. The van der Waals surface area contributed by atoms with Crippen molar-refractivity contribution in [3.05, 3.63) is 72.3 Å². The normalized spacial score (nSPS) is 24.5. The van der Waals surface area contributed by atoms with E-state index in [9.17, 15) is 4.79 Å². The summed E-state index contributed by atoms with van der Waals surface area (Å²) in [7, 11) is -2.63. The molecule has 0 N–H and O–H groups in total. The van der Waals surface area contributed by atoms with E-state index < -0.39 is 14.4 Å². The van der Waals surface area contributed by atoms with E-state index in [1.165, 1.54) is 15.9 Å². The number of aldehydes is 1. The average molecular weight is 451 g/mol. The number of hydrogen-bond acceptors (Lipinski definition) is 3. The summed E-state index contributed by atoms with van der Waals surface area (Å²) in [6.45, 7) is 11.6. The van der Waals surface area contributed by atoms with Crippen molar-refractivity contribution < 1.29 is 14.0 Å². The predicted octanol–water partition coefficient (Wildman–Crippen LogP) is 5.28. The molecule has 0 radical (unpaired) electrons. The lowest BCUT2D eigenvalue weighted by Gasteiger charge is -2.44. The summed E-state index contributed by atoms with van der Waals surface area (Å²) < 4.78 is 13.5. The van der Waals surface area contributed by atoms with Crippen LogP contribution in [0.5, 0.6) is 0 Å². The SMILES string of the molecule is C/C1=C\CC[C@@H](C)[C@@H](CO[Si](c2ccccc2)(c2ccccc2)C(C)(C)C)O[C@@H](C=O)C1. The molecule has 0 spiro atoms. The fraction of sp³-hybridized carbons (Fsp3) is 0.464. The third-order valence-electron chi connectivity index (χ3n) is 6.65. The quantitative estimate of drug-likeness (QED) is 0.341. The second-order valence-corrected chi connectivity index (χ2v) is 14.4. The maximum atomic E-state index is 11.8. The van der Waals surface area contributed by atoms with E-state index in [2.05, 4.69) is 101 Å². The molecule has 1 aliphatic heterocycles. The van der Waals surface area contributed by atoms with Gasteiger partial charge in [0, 0.05) is 6.42 Å². The number of ether oxygens (including phenoxy) is 1. The van der Waals surface area contributed by atoms with Crippen molar-refractivity contribution in [3.63, 3.8) is 0 Å². The van der Waals surface area contributed by atoms with Gasteiger partial charge in [-0.2, -0.15) is 0 Å². The Morgan fingerprint density at radius 2 is 1.59 bits per heavy atom. The molecular formula is C28H38O3Si. The first-order chi connectivity index (χ1) is 15.3. The Balaban J connectivity index is 1.99. The molecule has 0 unspecified atom stereocenters. The fourth-order valence-corrected chi connectivity index (χ4v) is 9.41. The van der Waals surface area contributed by atoms with Gasteiger partial charge < -0.3 is 14.0 Å². The third-order valence-corrected chi connectivity index (χ3v) is 11.7. The summed E-state index contributed by atoms with van der Waals surface area (Å²) >= 11 is 0. The highest BCUT2D eigenvalue weighted by Crippen LogP contribution is 2.37. The van der Waals surface area contributed by atoms with Crippen LogP contribution in [0.15, 0.2) is 72.3 Å². The molecule has 4 heteroatoms. The fourth-order valence-electron chi connectivity index (χ4n) is 4.84. The van der Waals surface area contributed by atoms with Crippen LogP contribution >= 0.6 is 0 Å². The van der Waals surface area contributed by atoms with E-state index in [0.717, 1.165) is 19.1 Å². The zero-order valence-corrected chi connectivity index (χ0v) is 21.2. The Bertz CT molecular complexity index is 846. The van der Waals surface area contributed by atoms with Crippen molar-refractivity contribution in [3.8, 4) is 0 Å². The lowest BCUT2D eigenvalue weighted by Crippen LogP contribution is -2.67. The highest BCUT2D eigenvalue weighted by Gasteiger charge is 2.50. The number of carbonyl (C=O) groups excluding carboxylic acids is 1. The van der Waals surface area contributed by atoms with Crippen molar-refractivity contribution in [2.45, 2.75) is 71.1 Å². The standard InChI is InChI=1S/C28H38O3Si/c1-22-13-12-14-23(2)27(31-24(19-22)20-29)21-30-32(28(3,4)5,25-15-8-6-9-16-25)26-17-10-7-11-18-26/h6-11,13,15-18,20,23-24,27H,12,14,19,21H2,1-5H3/b22-13+/t23-,24-,27-/m1/s1. The molecule has 2 aromatic rings. The summed E-state index contributed by atoms with van der Waals surface area (Å²) in [4.78, 5) is 11.8. The molecule has 0 bridgehead atoms. The molecule has 0 aliphatic carbocycles. The Morgan fingerprint density at radius 3 is 2.09 bits per heavy atom. The second kappa shape index (κ2) is 10.7. The smallest absolute Gasteiger partial charge is 0.261 e. The lowest BCUT2D eigenvalue weighted by molar-refractivity contribution is -0.126. The van der Waals surface area contributed by atoms with Crippen LogP contribution in [0.2, 0.25) is 5.04 Å². The van der Waals surface area contributed by atoms with Gasteiger partial charge in [-0.25, -0.2) is 0 Å². The molecule has 0 saturated carbocycles. The topological polar surface area (TPSA) is 35.5 Å². The Kier molecular flexibility index (Phi) is 8.26. The van der Waals surface area contributed by atoms with Gasteiger partial charge in [0.2, 0.25) is 0 Å². The van der Waals surface area contributed by atoms with Crippen LogP contribution in [0, 0.1) is 5.92 Å². The molecule has 3 atom stereocenters. The zero-order chi connectivity index (χ0) is 23.2. The summed E-state index contributed by atoms with van der Waals surface area (Å²) in [6, 6.07) is 21.4. The molecular weight excluding hydrogens is 412 g/mol. The highest BCUT2D eigenvalue weighted by molar-refractivity contribution is 6.99. The Hall–Kier alpha value is -2.01. The van der Waals surface area contributed by atoms with Crippen molar-refractivity contribution in [2.75, 3.05) is 6.61 Å². The number of carbonyl (C=O) groups is 1. The molecule has 1 heterocycles. The van der Waals surface area contributed by atoms with Gasteiger partial charge >= 0.3 is 0 Å². The lowest BCUT2D eigenvalue weighted by atomic mass is 9.99.